The standard InChI is InChI=1S/C20H27N3/c1-15-12-16(2)14-18(13-15)20(19-7-4-6-17(3)22-19)23-10-5-8-21-9-11-23/h4,6-7,12-14,20-21H,5,8-11H2,1-3H3. The number of rotatable bonds is 3. The molecule has 1 saturated heterocycles. The maximum absolute atomic E-state index is 4.85. The van der Waals surface area contributed by atoms with Crippen molar-refractivity contribution in [2.24, 2.45) is 0 Å². The molecule has 1 aliphatic heterocycles. The summed E-state index contributed by atoms with van der Waals surface area (Å²) in [5.74, 6) is 0. The fraction of sp³-hybridized carbons (Fsp3) is 0.450. The molecule has 2 heterocycles. The van der Waals surface area contributed by atoms with Crippen LogP contribution >= 0.6 is 0 Å². The van der Waals surface area contributed by atoms with Crippen LogP contribution in [0.25, 0.3) is 0 Å². The molecular formula is C20H27N3. The van der Waals surface area contributed by atoms with Gasteiger partial charge in [0.05, 0.1) is 11.7 Å². The van der Waals surface area contributed by atoms with E-state index in [0.717, 1.165) is 37.6 Å². The summed E-state index contributed by atoms with van der Waals surface area (Å²) in [7, 11) is 0. The largest absolute Gasteiger partial charge is 0.315 e. The molecule has 1 N–H and O–H groups in total. The van der Waals surface area contributed by atoms with Crippen LogP contribution in [0, 0.1) is 20.8 Å². The van der Waals surface area contributed by atoms with Crippen molar-refractivity contribution in [2.75, 3.05) is 26.2 Å². The van der Waals surface area contributed by atoms with Gasteiger partial charge in [-0.1, -0.05) is 35.4 Å². The number of hydrogen-bond acceptors (Lipinski definition) is 3. The minimum Gasteiger partial charge on any atom is -0.315 e. The smallest absolute Gasteiger partial charge is 0.0777 e. The number of nitrogens with zero attached hydrogens (tertiary/aromatic N) is 2. The molecule has 0 bridgehead atoms. The fourth-order valence-corrected chi connectivity index (χ4v) is 3.58. The zero-order valence-electron chi connectivity index (χ0n) is 14.5. The molecule has 1 aromatic heterocycles. The molecule has 0 radical (unpaired) electrons. The minimum atomic E-state index is 0.244. The van der Waals surface area contributed by atoms with Crippen LogP contribution in [-0.4, -0.2) is 36.1 Å². The van der Waals surface area contributed by atoms with Gasteiger partial charge in [-0.15, -0.1) is 0 Å². The number of hydrogen-bond donors (Lipinski definition) is 1. The predicted molar refractivity (Wildman–Crippen MR) is 95.8 cm³/mol. The van der Waals surface area contributed by atoms with Gasteiger partial charge in [0.15, 0.2) is 0 Å². The molecule has 0 spiro atoms. The number of benzene rings is 1. The van der Waals surface area contributed by atoms with Gasteiger partial charge >= 0.3 is 0 Å². The first-order chi connectivity index (χ1) is 11.1. The maximum atomic E-state index is 4.85. The number of nitrogens with one attached hydrogen (secondary N) is 1. The molecule has 1 fully saturated rings. The van der Waals surface area contributed by atoms with Crippen molar-refractivity contribution in [3.05, 3.63) is 64.5 Å². The summed E-state index contributed by atoms with van der Waals surface area (Å²) in [5, 5.41) is 3.51. The highest BCUT2D eigenvalue weighted by Gasteiger charge is 2.24. The molecule has 1 aliphatic rings. The van der Waals surface area contributed by atoms with Gasteiger partial charge < -0.3 is 5.32 Å². The number of aryl methyl sites for hydroxylation is 3. The lowest BCUT2D eigenvalue weighted by Gasteiger charge is -2.31. The average Bonchev–Trinajstić information content (AvgIpc) is 2.76. The molecular weight excluding hydrogens is 282 g/mol. The van der Waals surface area contributed by atoms with E-state index in [1.807, 2.05) is 0 Å². The van der Waals surface area contributed by atoms with Gasteiger partial charge in [-0.05, 0) is 51.4 Å². The lowest BCUT2D eigenvalue weighted by Crippen LogP contribution is -2.33. The third kappa shape index (κ3) is 3.98. The first-order valence-corrected chi connectivity index (χ1v) is 8.60. The summed E-state index contributed by atoms with van der Waals surface area (Å²) >= 11 is 0. The van der Waals surface area contributed by atoms with Crippen molar-refractivity contribution in [3.8, 4) is 0 Å². The van der Waals surface area contributed by atoms with Crippen LogP contribution < -0.4 is 5.32 Å². The van der Waals surface area contributed by atoms with Gasteiger partial charge in [-0.3, -0.25) is 9.88 Å². The predicted octanol–water partition coefficient (Wildman–Crippen LogP) is 3.39. The highest BCUT2D eigenvalue weighted by Crippen LogP contribution is 2.29. The quantitative estimate of drug-likeness (QED) is 0.942. The van der Waals surface area contributed by atoms with Crippen molar-refractivity contribution in [2.45, 2.75) is 33.2 Å². The summed E-state index contributed by atoms with van der Waals surface area (Å²) < 4.78 is 0. The van der Waals surface area contributed by atoms with E-state index in [1.165, 1.54) is 23.1 Å². The highest BCUT2D eigenvalue weighted by atomic mass is 15.2. The first-order valence-electron chi connectivity index (χ1n) is 8.60. The Hall–Kier alpha value is -1.71. The summed E-state index contributed by atoms with van der Waals surface area (Å²) in [6.07, 6.45) is 1.19. The van der Waals surface area contributed by atoms with Gasteiger partial charge in [-0.25, -0.2) is 0 Å². The van der Waals surface area contributed by atoms with E-state index in [1.54, 1.807) is 0 Å². The Balaban J connectivity index is 2.04. The Morgan fingerprint density at radius 2 is 1.78 bits per heavy atom. The van der Waals surface area contributed by atoms with Crippen LogP contribution in [-0.2, 0) is 0 Å². The van der Waals surface area contributed by atoms with E-state index in [4.69, 9.17) is 4.98 Å². The van der Waals surface area contributed by atoms with Crippen LogP contribution in [0.15, 0.2) is 36.4 Å². The minimum absolute atomic E-state index is 0.244. The summed E-state index contributed by atoms with van der Waals surface area (Å²) in [5.41, 5.74) is 6.26. The van der Waals surface area contributed by atoms with E-state index in [9.17, 15) is 0 Å². The molecule has 2 aromatic rings. The highest BCUT2D eigenvalue weighted by molar-refractivity contribution is 5.35. The molecule has 3 nitrogen and oxygen atoms in total. The second-order valence-corrected chi connectivity index (χ2v) is 6.67. The van der Waals surface area contributed by atoms with Gasteiger partial charge in [0.2, 0.25) is 0 Å². The van der Waals surface area contributed by atoms with Crippen LogP contribution in [0.2, 0.25) is 0 Å². The molecule has 3 heteroatoms. The first kappa shape index (κ1) is 16.2. The van der Waals surface area contributed by atoms with Gasteiger partial charge in [-0.2, -0.15) is 0 Å². The van der Waals surface area contributed by atoms with Gasteiger partial charge in [0.25, 0.3) is 0 Å². The van der Waals surface area contributed by atoms with E-state index in [2.05, 4.69) is 67.4 Å². The van der Waals surface area contributed by atoms with E-state index in [0.29, 0.717) is 0 Å². The molecule has 23 heavy (non-hydrogen) atoms. The molecule has 0 amide bonds. The Morgan fingerprint density at radius 1 is 1.00 bits per heavy atom. The Morgan fingerprint density at radius 3 is 2.52 bits per heavy atom. The van der Waals surface area contributed by atoms with Crippen LogP contribution in [0.1, 0.15) is 40.5 Å². The van der Waals surface area contributed by atoms with Gasteiger partial charge in [0.1, 0.15) is 0 Å². The Bertz CT molecular complexity index is 637. The normalized spacial score (nSPS) is 17.7. The van der Waals surface area contributed by atoms with Crippen molar-refractivity contribution in [1.29, 1.82) is 0 Å². The molecule has 1 atom stereocenters. The second-order valence-electron chi connectivity index (χ2n) is 6.67. The van der Waals surface area contributed by atoms with Crippen molar-refractivity contribution >= 4 is 0 Å². The third-order valence-electron chi connectivity index (χ3n) is 4.49. The zero-order chi connectivity index (χ0) is 16.2. The monoisotopic (exact) mass is 309 g/mol. The molecule has 0 saturated carbocycles. The molecule has 122 valence electrons. The van der Waals surface area contributed by atoms with Gasteiger partial charge in [0, 0.05) is 25.3 Å². The molecule has 3 rings (SSSR count). The van der Waals surface area contributed by atoms with Crippen LogP contribution in [0.4, 0.5) is 0 Å². The van der Waals surface area contributed by atoms with Crippen molar-refractivity contribution in [3.63, 3.8) is 0 Å². The topological polar surface area (TPSA) is 28.2 Å². The molecule has 0 aliphatic carbocycles. The SMILES string of the molecule is Cc1cc(C)cc(C(c2cccc(C)n2)N2CCCNCC2)c1. The third-order valence-corrected chi connectivity index (χ3v) is 4.49. The van der Waals surface area contributed by atoms with Crippen LogP contribution in [0.5, 0.6) is 0 Å². The Kier molecular flexibility index (Phi) is 5.09. The lowest BCUT2D eigenvalue weighted by atomic mass is 9.97. The van der Waals surface area contributed by atoms with E-state index >= 15 is 0 Å². The number of pyridine rings is 1. The lowest BCUT2D eigenvalue weighted by molar-refractivity contribution is 0.237. The van der Waals surface area contributed by atoms with E-state index in [-0.39, 0.29) is 6.04 Å². The van der Waals surface area contributed by atoms with E-state index < -0.39 is 0 Å². The molecule has 1 aromatic carbocycles. The average molecular weight is 309 g/mol. The van der Waals surface area contributed by atoms with Crippen molar-refractivity contribution < 1.29 is 0 Å². The number of aromatic nitrogens is 1. The molecule has 1 unspecified atom stereocenters. The van der Waals surface area contributed by atoms with Crippen LogP contribution in [0.3, 0.4) is 0 Å². The van der Waals surface area contributed by atoms with Crippen molar-refractivity contribution in [1.82, 2.24) is 15.2 Å². The summed E-state index contributed by atoms with van der Waals surface area (Å²) in [6.45, 7) is 10.8. The zero-order valence-corrected chi connectivity index (χ0v) is 14.5. The maximum Gasteiger partial charge on any atom is 0.0777 e. The summed E-state index contributed by atoms with van der Waals surface area (Å²) in [6, 6.07) is 13.5. The Labute approximate surface area is 139 Å². The fourth-order valence-electron chi connectivity index (χ4n) is 3.58. The summed E-state index contributed by atoms with van der Waals surface area (Å²) in [4.78, 5) is 7.43. The second kappa shape index (κ2) is 7.24.